The molecule has 0 aliphatic heterocycles. The maximum absolute atomic E-state index is 12.1. The fourth-order valence-electron chi connectivity index (χ4n) is 3.57. The van der Waals surface area contributed by atoms with Gasteiger partial charge in [-0.05, 0) is 46.6 Å². The summed E-state index contributed by atoms with van der Waals surface area (Å²) in [6.07, 6.45) is 3.45. The summed E-state index contributed by atoms with van der Waals surface area (Å²) in [7, 11) is -9.70. The number of fused-ring (bicyclic) bond motifs is 1. The Hall–Kier alpha value is -1.16. The monoisotopic (exact) mass is 463 g/mol. The molecule has 0 spiro atoms. The van der Waals surface area contributed by atoms with Crippen LogP contribution in [0.1, 0.15) is 45.3 Å². The molecule has 2 aromatic heterocycles. The molecule has 1 fully saturated rings. The molecule has 2 aromatic rings. The maximum atomic E-state index is 12.1. The van der Waals surface area contributed by atoms with Crippen LogP contribution in [-0.4, -0.2) is 47.7 Å². The number of phosphoric acid groups is 2. The second kappa shape index (κ2) is 8.41. The van der Waals surface area contributed by atoms with Gasteiger partial charge in [0.2, 0.25) is 0 Å². The summed E-state index contributed by atoms with van der Waals surface area (Å²) in [6.45, 7) is 6.02. The van der Waals surface area contributed by atoms with Gasteiger partial charge in [-0.3, -0.25) is 14.0 Å². The van der Waals surface area contributed by atoms with E-state index in [1.54, 1.807) is 12.5 Å². The second-order valence-corrected chi connectivity index (χ2v) is 11.4. The molecule has 0 aromatic carbocycles. The largest absolute Gasteiger partial charge is 0.481 e. The highest BCUT2D eigenvalue weighted by molar-refractivity contribution is 7.61. The van der Waals surface area contributed by atoms with E-state index in [0.29, 0.717) is 12.8 Å². The normalized spacial score (nSPS) is 26.6. The first kappa shape index (κ1) is 23.5. The number of rotatable bonds is 7. The Kier molecular flexibility index (Phi) is 6.59. The average molecular weight is 463 g/mol. The van der Waals surface area contributed by atoms with Crippen LogP contribution in [0.5, 0.6) is 0 Å². The third kappa shape index (κ3) is 5.75. The van der Waals surface area contributed by atoms with Crippen molar-refractivity contribution in [1.82, 2.24) is 14.5 Å². The zero-order chi connectivity index (χ0) is 22.3. The van der Waals surface area contributed by atoms with Crippen molar-refractivity contribution in [1.29, 1.82) is 0 Å². The summed E-state index contributed by atoms with van der Waals surface area (Å²) in [5.41, 5.74) is 1.39. The molecule has 3 N–H and O–H groups in total. The Labute approximate surface area is 174 Å². The molecular weight excluding hydrogens is 436 g/mol. The van der Waals surface area contributed by atoms with Gasteiger partial charge in [0, 0.05) is 18.2 Å². The summed E-state index contributed by atoms with van der Waals surface area (Å²) in [5, 5.41) is 10.4. The molecule has 1 aliphatic rings. The highest BCUT2D eigenvalue weighted by atomic mass is 31.3. The molecule has 5 unspecified atom stereocenters. The van der Waals surface area contributed by atoms with Gasteiger partial charge in [-0.2, -0.15) is 4.31 Å². The van der Waals surface area contributed by atoms with Gasteiger partial charge in [-0.25, -0.2) is 14.1 Å². The number of aliphatic hydroxyl groups is 1. The Bertz CT molecular complexity index is 1000. The third-order valence-corrected chi connectivity index (χ3v) is 7.65. The van der Waals surface area contributed by atoms with E-state index in [1.165, 1.54) is 20.8 Å². The molecule has 5 atom stereocenters. The molecule has 0 radical (unpaired) electrons. The highest BCUT2D eigenvalue weighted by Crippen LogP contribution is 2.62. The van der Waals surface area contributed by atoms with E-state index in [4.69, 9.17) is 9.05 Å². The van der Waals surface area contributed by atoms with E-state index in [9.17, 15) is 24.0 Å². The number of phosphoric ester groups is 2. The zero-order valence-corrected chi connectivity index (χ0v) is 19.0. The number of aliphatic hydroxyl groups excluding tert-OH is 1. The van der Waals surface area contributed by atoms with Crippen LogP contribution in [0.15, 0.2) is 18.6 Å². The fraction of sp³-hybridized carbons (Fsp3) is 0.647. The lowest BCUT2D eigenvalue weighted by Crippen LogP contribution is -2.19. The topological polar surface area (TPSA) is 153 Å². The molecule has 11 nitrogen and oxygen atoms in total. The van der Waals surface area contributed by atoms with Crippen LogP contribution in [-0.2, 0) is 22.5 Å². The number of aryl methyl sites for hydroxylation is 1. The number of pyridine rings is 1. The van der Waals surface area contributed by atoms with Crippen molar-refractivity contribution in [2.24, 2.45) is 5.92 Å². The molecule has 168 valence electrons. The Morgan fingerprint density at radius 1 is 1.20 bits per heavy atom. The minimum atomic E-state index is -4.88. The van der Waals surface area contributed by atoms with Crippen molar-refractivity contribution in [2.45, 2.75) is 58.3 Å². The number of imidazole rings is 1. The molecule has 1 aliphatic carbocycles. The Morgan fingerprint density at radius 3 is 2.57 bits per heavy atom. The van der Waals surface area contributed by atoms with Crippen LogP contribution >= 0.6 is 15.6 Å². The molecule has 2 heterocycles. The summed E-state index contributed by atoms with van der Waals surface area (Å²) >= 11 is 0. The molecule has 3 rings (SSSR count). The van der Waals surface area contributed by atoms with E-state index in [0.717, 1.165) is 16.7 Å². The lowest BCUT2D eigenvalue weighted by Gasteiger charge is -2.24. The average Bonchev–Trinajstić information content (AvgIpc) is 3.14. The molecule has 0 bridgehead atoms. The zero-order valence-electron chi connectivity index (χ0n) is 17.2. The Balaban J connectivity index is 1.63. The summed E-state index contributed by atoms with van der Waals surface area (Å²) in [4.78, 5) is 28.1. The lowest BCUT2D eigenvalue weighted by molar-refractivity contribution is 0.0639. The van der Waals surface area contributed by atoms with Gasteiger partial charge in [0.25, 0.3) is 0 Å². The number of nitrogens with zero attached hydrogens (tertiary/aromatic N) is 3. The van der Waals surface area contributed by atoms with Gasteiger partial charge in [0.1, 0.15) is 5.52 Å². The van der Waals surface area contributed by atoms with E-state index in [-0.39, 0.29) is 12.6 Å². The van der Waals surface area contributed by atoms with Crippen molar-refractivity contribution in [3.63, 3.8) is 0 Å². The molecule has 0 amide bonds. The van der Waals surface area contributed by atoms with Gasteiger partial charge in [0.05, 0.1) is 35.8 Å². The van der Waals surface area contributed by atoms with Crippen LogP contribution < -0.4 is 0 Å². The highest BCUT2D eigenvalue weighted by Gasteiger charge is 2.41. The predicted molar refractivity (Wildman–Crippen MR) is 108 cm³/mol. The SMILES string of the molecule is Cc1nccc2c1ncn2C1CC(O)C(COP(=O)(O)OP(=O)(O)OC(C)(C)C)C1. The summed E-state index contributed by atoms with van der Waals surface area (Å²) < 4.78 is 40.0. The molecule has 0 saturated heterocycles. The number of hydrogen-bond acceptors (Lipinski definition) is 8. The van der Waals surface area contributed by atoms with Crippen molar-refractivity contribution in [3.05, 3.63) is 24.3 Å². The molecule has 30 heavy (non-hydrogen) atoms. The number of hydrogen-bond donors (Lipinski definition) is 3. The lowest BCUT2D eigenvalue weighted by atomic mass is 10.1. The van der Waals surface area contributed by atoms with Crippen molar-refractivity contribution in [3.8, 4) is 0 Å². The van der Waals surface area contributed by atoms with Crippen molar-refractivity contribution < 1.29 is 37.4 Å². The van der Waals surface area contributed by atoms with Gasteiger partial charge < -0.3 is 19.5 Å². The van der Waals surface area contributed by atoms with Crippen LogP contribution in [0.25, 0.3) is 11.0 Å². The van der Waals surface area contributed by atoms with Gasteiger partial charge in [-0.15, -0.1) is 0 Å². The summed E-state index contributed by atoms with van der Waals surface area (Å²) in [5.74, 6) is -0.471. The van der Waals surface area contributed by atoms with Crippen molar-refractivity contribution >= 4 is 26.7 Å². The van der Waals surface area contributed by atoms with Gasteiger partial charge in [0.15, 0.2) is 0 Å². The first-order valence-electron chi connectivity index (χ1n) is 9.45. The molecular formula is C17H27N3O8P2. The number of aromatic nitrogens is 3. The van der Waals surface area contributed by atoms with E-state index in [2.05, 4.69) is 14.3 Å². The molecule has 13 heteroatoms. The first-order chi connectivity index (χ1) is 13.8. The fourth-order valence-corrected chi connectivity index (χ4v) is 6.01. The van der Waals surface area contributed by atoms with E-state index < -0.39 is 33.3 Å². The van der Waals surface area contributed by atoms with Crippen LogP contribution in [0.2, 0.25) is 0 Å². The first-order valence-corrected chi connectivity index (χ1v) is 12.4. The quantitative estimate of drug-likeness (QED) is 0.522. The minimum Gasteiger partial charge on any atom is -0.393 e. The minimum absolute atomic E-state index is 0.0902. The van der Waals surface area contributed by atoms with E-state index in [1.807, 2.05) is 17.6 Å². The smallest absolute Gasteiger partial charge is 0.393 e. The van der Waals surface area contributed by atoms with Crippen LogP contribution in [0.4, 0.5) is 0 Å². The maximum Gasteiger partial charge on any atom is 0.481 e. The standard InChI is InChI=1S/C17H27N3O8P2/c1-11-16-14(5-6-18-11)20(10-19-16)13-7-12(15(21)8-13)9-26-29(22,23)28-30(24,25)27-17(2,3)4/h5-6,10,12-13,15,21H,7-9H2,1-4H3,(H,22,23)(H,24,25). The van der Waals surface area contributed by atoms with Gasteiger partial charge in [-0.1, -0.05) is 0 Å². The summed E-state index contributed by atoms with van der Waals surface area (Å²) in [6, 6.07) is 1.75. The van der Waals surface area contributed by atoms with Gasteiger partial charge >= 0.3 is 15.6 Å². The van der Waals surface area contributed by atoms with Crippen molar-refractivity contribution in [2.75, 3.05) is 6.61 Å². The van der Waals surface area contributed by atoms with Crippen LogP contribution in [0.3, 0.4) is 0 Å². The molecule has 1 saturated carbocycles. The predicted octanol–water partition coefficient (Wildman–Crippen LogP) is 3.10. The second-order valence-electron chi connectivity index (χ2n) is 8.39. The Morgan fingerprint density at radius 2 is 1.90 bits per heavy atom. The third-order valence-electron chi connectivity index (χ3n) is 4.75. The van der Waals surface area contributed by atoms with Crippen LogP contribution in [0, 0.1) is 12.8 Å². The van der Waals surface area contributed by atoms with E-state index >= 15 is 0 Å².